The number of hydrogen-bond acceptors (Lipinski definition) is 7. The van der Waals surface area contributed by atoms with Crippen molar-refractivity contribution in [2.45, 2.75) is 38.6 Å². The van der Waals surface area contributed by atoms with E-state index in [-0.39, 0.29) is 12.5 Å². The van der Waals surface area contributed by atoms with Gasteiger partial charge in [0.2, 0.25) is 17.6 Å². The molecule has 0 atom stereocenters. The minimum Gasteiger partial charge on any atom is -0.338 e. The van der Waals surface area contributed by atoms with Crippen LogP contribution in [-0.4, -0.2) is 71.1 Å². The number of hydrogen-bond donors (Lipinski definition) is 2. The number of carbonyl (C=O) groups excluding carboxylic acids is 2. The maximum Gasteiger partial charge on any atom is 0.321 e. The van der Waals surface area contributed by atoms with Crippen LogP contribution in [0.15, 0.2) is 40.4 Å². The lowest BCUT2D eigenvalue weighted by molar-refractivity contribution is -0.121. The molecule has 10 heteroatoms. The van der Waals surface area contributed by atoms with Gasteiger partial charge in [-0.2, -0.15) is 4.98 Å². The second-order valence-corrected chi connectivity index (χ2v) is 9.17. The number of carbonyl (C=O) groups is 2. The Balaban J connectivity index is 1.13. The van der Waals surface area contributed by atoms with Gasteiger partial charge in [0, 0.05) is 43.3 Å². The summed E-state index contributed by atoms with van der Waals surface area (Å²) >= 11 is 5.93. The molecule has 0 unspecified atom stereocenters. The Bertz CT molecular complexity index is 998. The molecule has 2 heterocycles. The van der Waals surface area contributed by atoms with Crippen molar-refractivity contribution in [1.29, 1.82) is 0 Å². The van der Waals surface area contributed by atoms with E-state index in [1.165, 1.54) is 18.4 Å². The molecule has 1 fully saturated rings. The molecule has 182 valence electrons. The summed E-state index contributed by atoms with van der Waals surface area (Å²) in [5, 5.41) is 9.92. The van der Waals surface area contributed by atoms with Crippen molar-refractivity contribution in [3.8, 4) is 11.4 Å². The monoisotopic (exact) mass is 486 g/mol. The molecule has 9 nitrogen and oxygen atoms in total. The Morgan fingerprint density at radius 2 is 1.82 bits per heavy atom. The zero-order valence-corrected chi connectivity index (χ0v) is 20.0. The number of benzene rings is 1. The summed E-state index contributed by atoms with van der Waals surface area (Å²) in [6, 6.07) is 6.88. The zero-order valence-electron chi connectivity index (χ0n) is 19.3. The van der Waals surface area contributed by atoms with E-state index in [2.05, 4.69) is 31.8 Å². The van der Waals surface area contributed by atoms with Gasteiger partial charge in [0.05, 0.1) is 13.1 Å². The third-order valence-electron chi connectivity index (χ3n) is 6.13. The van der Waals surface area contributed by atoms with Crippen molar-refractivity contribution in [1.82, 2.24) is 30.6 Å². The van der Waals surface area contributed by atoms with Gasteiger partial charge in [-0.05, 0) is 56.4 Å². The summed E-state index contributed by atoms with van der Waals surface area (Å²) in [6.45, 7) is 4.30. The first-order chi connectivity index (χ1) is 16.5. The average molecular weight is 487 g/mol. The summed E-state index contributed by atoms with van der Waals surface area (Å²) in [6.07, 6.45) is 7.85. The number of rotatable bonds is 8. The van der Waals surface area contributed by atoms with E-state index in [4.69, 9.17) is 16.1 Å². The van der Waals surface area contributed by atoms with E-state index in [1.807, 2.05) is 17.0 Å². The van der Waals surface area contributed by atoms with Crippen LogP contribution in [0.3, 0.4) is 0 Å². The Kier molecular flexibility index (Phi) is 8.67. The number of aromatic nitrogens is 2. The molecule has 3 amide bonds. The second-order valence-electron chi connectivity index (χ2n) is 8.73. The van der Waals surface area contributed by atoms with Crippen molar-refractivity contribution in [3.05, 3.63) is 46.8 Å². The molecule has 2 aliphatic rings. The predicted octanol–water partition coefficient (Wildman–Crippen LogP) is 3.22. The van der Waals surface area contributed by atoms with Crippen molar-refractivity contribution in [2.75, 3.05) is 39.3 Å². The lowest BCUT2D eigenvalue weighted by Gasteiger charge is -2.33. The normalized spacial score (nSPS) is 17.3. The molecule has 1 saturated heterocycles. The molecule has 2 N–H and O–H groups in total. The number of allylic oxidation sites excluding steroid dienone is 1. The molecule has 1 aliphatic carbocycles. The van der Waals surface area contributed by atoms with Gasteiger partial charge in [0.1, 0.15) is 0 Å². The van der Waals surface area contributed by atoms with Crippen LogP contribution < -0.4 is 10.6 Å². The fraction of sp³-hybridized carbons (Fsp3) is 0.500. The van der Waals surface area contributed by atoms with Gasteiger partial charge in [0.15, 0.2) is 0 Å². The molecule has 1 aromatic carbocycles. The lowest BCUT2D eigenvalue weighted by Crippen LogP contribution is -2.50. The van der Waals surface area contributed by atoms with Crippen LogP contribution in [0.1, 0.15) is 38.0 Å². The number of urea groups is 1. The summed E-state index contributed by atoms with van der Waals surface area (Å²) in [4.78, 5) is 33.0. The second kappa shape index (κ2) is 12.1. The molecule has 0 bridgehead atoms. The van der Waals surface area contributed by atoms with E-state index >= 15 is 0 Å². The Labute approximate surface area is 204 Å². The average Bonchev–Trinajstić information content (AvgIpc) is 3.30. The minimum absolute atomic E-state index is 0.202. The van der Waals surface area contributed by atoms with Gasteiger partial charge in [-0.15, -0.1) is 0 Å². The summed E-state index contributed by atoms with van der Waals surface area (Å²) in [5.74, 6) is 0.805. The van der Waals surface area contributed by atoms with E-state index in [0.29, 0.717) is 29.8 Å². The molecule has 1 aliphatic heterocycles. The SMILES string of the molecule is O=C(CN1CCN(Cc2nc(-c3ccc(Cl)cc3)no2)CC1)NC(=O)NCCC1=CCCCC1. The van der Waals surface area contributed by atoms with Gasteiger partial charge in [-0.25, -0.2) is 4.79 Å². The van der Waals surface area contributed by atoms with Gasteiger partial charge < -0.3 is 9.84 Å². The smallest absolute Gasteiger partial charge is 0.321 e. The molecule has 0 radical (unpaired) electrons. The molecule has 2 aromatic rings. The van der Waals surface area contributed by atoms with Crippen molar-refractivity contribution >= 4 is 23.5 Å². The topological polar surface area (TPSA) is 104 Å². The highest BCUT2D eigenvalue weighted by Crippen LogP contribution is 2.20. The van der Waals surface area contributed by atoms with E-state index in [1.54, 1.807) is 12.1 Å². The van der Waals surface area contributed by atoms with Crippen LogP contribution in [0, 0.1) is 0 Å². The third-order valence-corrected chi connectivity index (χ3v) is 6.38. The summed E-state index contributed by atoms with van der Waals surface area (Å²) in [7, 11) is 0. The maximum absolute atomic E-state index is 12.2. The number of imide groups is 1. The van der Waals surface area contributed by atoms with Crippen LogP contribution in [0.2, 0.25) is 5.02 Å². The molecule has 4 rings (SSSR count). The molecule has 34 heavy (non-hydrogen) atoms. The van der Waals surface area contributed by atoms with E-state index < -0.39 is 6.03 Å². The Hall–Kier alpha value is -2.75. The minimum atomic E-state index is -0.423. The van der Waals surface area contributed by atoms with Crippen LogP contribution in [0.4, 0.5) is 4.79 Å². The fourth-order valence-electron chi connectivity index (χ4n) is 4.21. The summed E-state index contributed by atoms with van der Waals surface area (Å²) < 4.78 is 5.40. The first-order valence-electron chi connectivity index (χ1n) is 11.8. The number of halogens is 1. The molecular weight excluding hydrogens is 456 g/mol. The molecular formula is C24H31ClN6O3. The number of piperazine rings is 1. The highest BCUT2D eigenvalue weighted by Gasteiger charge is 2.21. The zero-order chi connectivity index (χ0) is 23.8. The maximum atomic E-state index is 12.2. The van der Waals surface area contributed by atoms with Gasteiger partial charge >= 0.3 is 6.03 Å². The van der Waals surface area contributed by atoms with Gasteiger partial charge in [-0.3, -0.25) is 19.9 Å². The Morgan fingerprint density at radius 3 is 2.56 bits per heavy atom. The Morgan fingerprint density at radius 1 is 1.06 bits per heavy atom. The van der Waals surface area contributed by atoms with Crippen LogP contribution in [0.5, 0.6) is 0 Å². The first kappa shape index (κ1) is 24.4. The third kappa shape index (κ3) is 7.38. The predicted molar refractivity (Wildman–Crippen MR) is 129 cm³/mol. The van der Waals surface area contributed by atoms with Crippen LogP contribution >= 0.6 is 11.6 Å². The lowest BCUT2D eigenvalue weighted by atomic mass is 9.97. The van der Waals surface area contributed by atoms with E-state index in [9.17, 15) is 9.59 Å². The van der Waals surface area contributed by atoms with E-state index in [0.717, 1.165) is 51.0 Å². The quantitative estimate of drug-likeness (QED) is 0.552. The van der Waals surface area contributed by atoms with Crippen molar-refractivity contribution in [2.24, 2.45) is 0 Å². The largest absolute Gasteiger partial charge is 0.338 e. The molecule has 0 spiro atoms. The van der Waals surface area contributed by atoms with Crippen molar-refractivity contribution in [3.63, 3.8) is 0 Å². The van der Waals surface area contributed by atoms with Crippen LogP contribution in [-0.2, 0) is 11.3 Å². The molecule has 1 aromatic heterocycles. The number of nitrogens with zero attached hydrogens (tertiary/aromatic N) is 4. The highest BCUT2D eigenvalue weighted by atomic mass is 35.5. The fourth-order valence-corrected chi connectivity index (χ4v) is 4.34. The number of nitrogens with one attached hydrogen (secondary N) is 2. The van der Waals surface area contributed by atoms with Crippen molar-refractivity contribution < 1.29 is 14.1 Å². The first-order valence-corrected chi connectivity index (χ1v) is 12.2. The highest BCUT2D eigenvalue weighted by molar-refractivity contribution is 6.30. The summed E-state index contributed by atoms with van der Waals surface area (Å²) in [5.41, 5.74) is 2.25. The molecule has 0 saturated carbocycles. The van der Waals surface area contributed by atoms with Gasteiger partial charge in [0.25, 0.3) is 0 Å². The van der Waals surface area contributed by atoms with Crippen LogP contribution in [0.25, 0.3) is 11.4 Å². The standard InChI is InChI=1S/C24H31ClN6O3/c25-20-8-6-19(7-9-20)23-28-22(34-29-23)17-31-14-12-30(13-15-31)16-21(32)27-24(33)26-11-10-18-4-2-1-3-5-18/h4,6-9H,1-3,5,10-17H2,(H2,26,27,32,33). The number of amides is 3. The van der Waals surface area contributed by atoms with Gasteiger partial charge in [-0.1, -0.05) is 28.4 Å².